The monoisotopic (exact) mass is 403 g/mol. The number of methoxy groups -OCH3 is 1. The third-order valence-corrected chi connectivity index (χ3v) is 7.68. The van der Waals surface area contributed by atoms with Crippen LogP contribution in [-0.2, 0) is 10.0 Å². The number of fused-ring (bicyclic) bond motifs is 1. The summed E-state index contributed by atoms with van der Waals surface area (Å²) in [6, 6.07) is 6.23. The first-order valence-electron chi connectivity index (χ1n) is 9.56. The second kappa shape index (κ2) is 7.28. The van der Waals surface area contributed by atoms with E-state index in [-0.39, 0.29) is 22.5 Å². The molecule has 1 heterocycles. The van der Waals surface area contributed by atoms with Crippen LogP contribution in [-0.4, -0.2) is 50.5 Å². The van der Waals surface area contributed by atoms with Gasteiger partial charge in [0.1, 0.15) is 5.75 Å². The maximum absolute atomic E-state index is 12.8. The fourth-order valence-electron chi connectivity index (χ4n) is 4.14. The Labute approximate surface area is 165 Å². The van der Waals surface area contributed by atoms with Crippen LogP contribution in [0.4, 0.5) is 4.79 Å². The molecule has 0 unspecified atom stereocenters. The van der Waals surface area contributed by atoms with Crippen molar-refractivity contribution in [2.45, 2.75) is 48.6 Å². The van der Waals surface area contributed by atoms with Crippen LogP contribution in [0.3, 0.4) is 0 Å². The van der Waals surface area contributed by atoms with Crippen molar-refractivity contribution in [3.8, 4) is 5.75 Å². The highest BCUT2D eigenvalue weighted by Gasteiger charge is 2.43. The van der Waals surface area contributed by atoms with Gasteiger partial charge in [0.2, 0.25) is 10.0 Å². The van der Waals surface area contributed by atoms with Gasteiger partial charge in [0, 0.05) is 19.1 Å². The van der Waals surface area contributed by atoms with Crippen LogP contribution in [0.25, 0.3) is 0 Å². The maximum Gasteiger partial charge on any atom is 0.315 e. The smallest absolute Gasteiger partial charge is 0.315 e. The number of nitrogens with one attached hydrogen (secondary N) is 2. The Balaban J connectivity index is 1.29. The van der Waals surface area contributed by atoms with Crippen molar-refractivity contribution in [1.82, 2.24) is 14.9 Å². The fraction of sp³-hybridized carbons (Fsp3) is 0.500. The van der Waals surface area contributed by atoms with E-state index in [4.69, 9.17) is 4.74 Å². The van der Waals surface area contributed by atoms with Crippen LogP contribution in [0, 0.1) is 0 Å². The number of piperidine rings is 1. The highest BCUT2D eigenvalue weighted by Crippen LogP contribution is 2.42. The Bertz CT molecular complexity index is 911. The SMILES string of the molecule is COc1ccc(S(=O)(=O)N2CCC(NC(=O)NC34CC=C=C(C3)C4)CC2)cc1. The average Bonchev–Trinajstić information content (AvgIpc) is 2.68. The van der Waals surface area contributed by atoms with Crippen molar-refractivity contribution in [2.24, 2.45) is 0 Å². The Morgan fingerprint density at radius 3 is 2.46 bits per heavy atom. The molecule has 8 heteroatoms. The van der Waals surface area contributed by atoms with Crippen LogP contribution in [0.15, 0.2) is 46.5 Å². The summed E-state index contributed by atoms with van der Waals surface area (Å²) in [5, 5.41) is 6.11. The lowest BCUT2D eigenvalue weighted by Crippen LogP contribution is -2.59. The van der Waals surface area contributed by atoms with Crippen LogP contribution >= 0.6 is 0 Å². The van der Waals surface area contributed by atoms with E-state index < -0.39 is 10.0 Å². The predicted molar refractivity (Wildman–Crippen MR) is 105 cm³/mol. The largest absolute Gasteiger partial charge is 0.497 e. The zero-order chi connectivity index (χ0) is 19.8. The molecule has 1 saturated carbocycles. The maximum atomic E-state index is 12.8. The Kier molecular flexibility index (Phi) is 4.95. The number of carbonyl (C=O) groups is 1. The normalized spacial score (nSPS) is 21.4. The molecule has 1 aromatic rings. The van der Waals surface area contributed by atoms with Crippen molar-refractivity contribution in [1.29, 1.82) is 0 Å². The standard InChI is InChI=1S/C20H25N3O4S/c1-27-17-4-6-18(7-5-17)28(25,26)23-11-8-16(9-12-23)21-19(24)22-20-10-2-3-15(13-20)14-20/h2,4-7,16H,8-14H2,1H3,(H2,21,22,24). The number of hydrogen-bond donors (Lipinski definition) is 2. The molecule has 0 aromatic heterocycles. The van der Waals surface area contributed by atoms with Crippen LogP contribution in [0.2, 0.25) is 0 Å². The topological polar surface area (TPSA) is 87.7 Å². The molecule has 0 atom stereocenters. The second-order valence-electron chi connectivity index (χ2n) is 7.74. The molecule has 3 aliphatic carbocycles. The molecule has 28 heavy (non-hydrogen) atoms. The van der Waals surface area contributed by atoms with Gasteiger partial charge >= 0.3 is 6.03 Å². The van der Waals surface area contributed by atoms with E-state index in [9.17, 15) is 13.2 Å². The summed E-state index contributed by atoms with van der Waals surface area (Å²) >= 11 is 0. The van der Waals surface area contributed by atoms with Crippen molar-refractivity contribution in [3.63, 3.8) is 0 Å². The van der Waals surface area contributed by atoms with E-state index in [1.165, 1.54) is 9.88 Å². The number of urea groups is 1. The summed E-state index contributed by atoms with van der Waals surface area (Å²) in [4.78, 5) is 12.6. The van der Waals surface area contributed by atoms with Gasteiger partial charge in [0.05, 0.1) is 17.5 Å². The quantitative estimate of drug-likeness (QED) is 0.738. The molecule has 0 radical (unpaired) electrons. The molecule has 1 aliphatic heterocycles. The van der Waals surface area contributed by atoms with E-state index >= 15 is 0 Å². The number of nitrogens with zero attached hydrogens (tertiary/aromatic N) is 1. The van der Waals surface area contributed by atoms with Gasteiger partial charge in [-0.1, -0.05) is 0 Å². The van der Waals surface area contributed by atoms with E-state index in [1.807, 2.05) is 6.08 Å². The molecule has 0 spiro atoms. The van der Waals surface area contributed by atoms with Gasteiger partial charge in [-0.2, -0.15) is 4.31 Å². The van der Waals surface area contributed by atoms with Crippen molar-refractivity contribution >= 4 is 16.1 Å². The van der Waals surface area contributed by atoms with Gasteiger partial charge in [0.15, 0.2) is 0 Å². The molecule has 1 saturated heterocycles. The lowest BCUT2D eigenvalue weighted by Gasteiger charge is -2.45. The Hall–Kier alpha value is -2.28. The first kappa shape index (κ1) is 19.1. The predicted octanol–water partition coefficient (Wildman–Crippen LogP) is 2.17. The molecule has 5 rings (SSSR count). The fourth-order valence-corrected chi connectivity index (χ4v) is 5.61. The van der Waals surface area contributed by atoms with Gasteiger partial charge in [-0.05, 0) is 68.0 Å². The molecule has 2 fully saturated rings. The van der Waals surface area contributed by atoms with Crippen LogP contribution in [0.1, 0.15) is 32.1 Å². The van der Waals surface area contributed by atoms with Gasteiger partial charge < -0.3 is 15.4 Å². The summed E-state index contributed by atoms with van der Waals surface area (Å²) in [5.41, 5.74) is 4.35. The first-order valence-corrected chi connectivity index (χ1v) is 11.0. The van der Waals surface area contributed by atoms with Gasteiger partial charge in [-0.15, -0.1) is 5.73 Å². The molecule has 1 aromatic carbocycles. The van der Waals surface area contributed by atoms with Crippen molar-refractivity contribution < 1.29 is 17.9 Å². The first-order chi connectivity index (χ1) is 13.4. The van der Waals surface area contributed by atoms with E-state index in [1.54, 1.807) is 31.4 Å². The summed E-state index contributed by atoms with van der Waals surface area (Å²) < 4.78 is 32.2. The highest BCUT2D eigenvalue weighted by molar-refractivity contribution is 7.89. The number of benzene rings is 1. The van der Waals surface area contributed by atoms with Gasteiger partial charge in [-0.25, -0.2) is 13.2 Å². The number of sulfonamides is 1. The Morgan fingerprint density at radius 1 is 1.21 bits per heavy atom. The van der Waals surface area contributed by atoms with E-state index in [0.29, 0.717) is 31.7 Å². The Morgan fingerprint density at radius 2 is 1.89 bits per heavy atom. The summed E-state index contributed by atoms with van der Waals surface area (Å²) in [7, 11) is -1.99. The second-order valence-corrected chi connectivity index (χ2v) is 9.68. The van der Waals surface area contributed by atoms with Crippen molar-refractivity contribution in [2.75, 3.05) is 20.2 Å². The molecule has 150 valence electrons. The van der Waals surface area contributed by atoms with E-state index in [2.05, 4.69) is 16.4 Å². The molecule has 2 bridgehead atoms. The average molecular weight is 404 g/mol. The van der Waals surface area contributed by atoms with Gasteiger partial charge in [0.25, 0.3) is 0 Å². The summed E-state index contributed by atoms with van der Waals surface area (Å²) in [6.07, 6.45) is 5.78. The van der Waals surface area contributed by atoms with Crippen LogP contribution in [0.5, 0.6) is 5.75 Å². The van der Waals surface area contributed by atoms with Gasteiger partial charge in [-0.3, -0.25) is 0 Å². The molecule has 7 nitrogen and oxygen atoms in total. The van der Waals surface area contributed by atoms with Crippen molar-refractivity contribution in [3.05, 3.63) is 41.6 Å². The number of amides is 2. The molecular weight excluding hydrogens is 378 g/mol. The lowest BCUT2D eigenvalue weighted by atomic mass is 9.68. The minimum absolute atomic E-state index is 0.0204. The number of rotatable bonds is 5. The number of hydrogen-bond acceptors (Lipinski definition) is 4. The van der Waals surface area contributed by atoms with Crippen LogP contribution < -0.4 is 15.4 Å². The third-order valence-electron chi connectivity index (χ3n) is 5.77. The third kappa shape index (κ3) is 3.68. The number of carbonyl (C=O) groups excluding carboxylic acids is 1. The molecule has 4 aliphatic rings. The highest BCUT2D eigenvalue weighted by atomic mass is 32.2. The molecule has 2 N–H and O–H groups in total. The molecule has 2 amide bonds. The van der Waals surface area contributed by atoms with E-state index in [0.717, 1.165) is 19.3 Å². The number of ether oxygens (including phenoxy) is 1. The summed E-state index contributed by atoms with van der Waals surface area (Å²) in [6.45, 7) is 0.778. The minimum Gasteiger partial charge on any atom is -0.497 e. The zero-order valence-electron chi connectivity index (χ0n) is 15.9. The summed E-state index contributed by atoms with van der Waals surface area (Å²) in [5.74, 6) is 0.620. The molecular formula is C20H25N3O4S. The zero-order valence-corrected chi connectivity index (χ0v) is 16.7. The lowest BCUT2D eigenvalue weighted by molar-refractivity contribution is 0.198. The minimum atomic E-state index is -3.53.